The molecule has 0 aliphatic rings. The highest BCUT2D eigenvalue weighted by Gasteiger charge is 2.19. The molecule has 174 valence electrons. The maximum absolute atomic E-state index is 13.1. The number of anilines is 2. The van der Waals surface area contributed by atoms with Crippen molar-refractivity contribution in [3.8, 4) is 0 Å². The summed E-state index contributed by atoms with van der Waals surface area (Å²) in [5, 5.41) is 4.48. The van der Waals surface area contributed by atoms with Crippen molar-refractivity contribution in [3.63, 3.8) is 0 Å². The summed E-state index contributed by atoms with van der Waals surface area (Å²) in [5.41, 5.74) is 2.50. The number of carbonyl (C=O) groups is 1. The van der Waals surface area contributed by atoms with Crippen molar-refractivity contribution in [2.45, 2.75) is 18.2 Å². The molecule has 0 saturated carbocycles. The Morgan fingerprint density at radius 2 is 1.56 bits per heavy atom. The predicted molar refractivity (Wildman–Crippen MR) is 138 cm³/mol. The van der Waals surface area contributed by atoms with Crippen molar-refractivity contribution in [2.24, 2.45) is 0 Å². The van der Waals surface area contributed by atoms with Crippen molar-refractivity contribution in [2.75, 3.05) is 23.3 Å². The number of nitrogens with one attached hydrogen (secondary N) is 2. The number of urea groups is 1. The van der Waals surface area contributed by atoms with E-state index in [-0.39, 0.29) is 17.5 Å². The summed E-state index contributed by atoms with van der Waals surface area (Å²) >= 11 is 0. The molecule has 0 atom stereocenters. The Hall–Kier alpha value is -3.68. The fourth-order valence-electron chi connectivity index (χ4n) is 3.82. The zero-order valence-corrected chi connectivity index (χ0v) is 19.8. The number of hydrogen-bond donors (Lipinski definition) is 2. The van der Waals surface area contributed by atoms with Crippen molar-refractivity contribution >= 4 is 38.2 Å². The van der Waals surface area contributed by atoms with E-state index in [9.17, 15) is 13.2 Å². The van der Waals surface area contributed by atoms with E-state index in [1.54, 1.807) is 23.1 Å². The summed E-state index contributed by atoms with van der Waals surface area (Å²) in [6.07, 6.45) is 0.445. The number of nitrogens with zero attached hydrogens (tertiary/aromatic N) is 1. The third-order valence-corrected chi connectivity index (χ3v) is 6.99. The molecule has 6 nitrogen and oxygen atoms in total. The monoisotopic (exact) mass is 473 g/mol. The quantitative estimate of drug-likeness (QED) is 0.329. The zero-order chi connectivity index (χ0) is 24.0. The molecule has 0 aliphatic heterocycles. The average Bonchev–Trinajstić information content (AvgIpc) is 2.84. The standard InChI is InChI=1S/C27H27N3O3S/c1-21-10-7-13-23(20-21)29-27(31)30(24-14-3-2-4-15-24)19-9-18-28-34(32,33)26-17-8-12-22-11-5-6-16-25(22)26/h2-8,10-17,20,28H,9,18-19H2,1H3,(H,29,31). The molecule has 0 aliphatic carbocycles. The topological polar surface area (TPSA) is 78.5 Å². The molecule has 0 heterocycles. The van der Waals surface area contributed by atoms with E-state index < -0.39 is 10.0 Å². The van der Waals surface area contributed by atoms with Gasteiger partial charge >= 0.3 is 6.03 Å². The van der Waals surface area contributed by atoms with Gasteiger partial charge in [-0.05, 0) is 54.6 Å². The normalized spacial score (nSPS) is 11.3. The molecule has 2 N–H and O–H groups in total. The Kier molecular flexibility index (Phi) is 7.25. The van der Waals surface area contributed by atoms with Gasteiger partial charge < -0.3 is 5.32 Å². The van der Waals surface area contributed by atoms with Gasteiger partial charge in [0.15, 0.2) is 0 Å². The van der Waals surface area contributed by atoms with Gasteiger partial charge in [-0.25, -0.2) is 17.9 Å². The molecule has 4 aromatic rings. The zero-order valence-electron chi connectivity index (χ0n) is 18.9. The predicted octanol–water partition coefficient (Wildman–Crippen LogP) is 5.56. The lowest BCUT2D eigenvalue weighted by atomic mass is 10.1. The highest BCUT2D eigenvalue weighted by molar-refractivity contribution is 7.89. The molecule has 0 bridgehead atoms. The largest absolute Gasteiger partial charge is 0.326 e. The molecular formula is C27H27N3O3S. The molecule has 0 aromatic heterocycles. The second kappa shape index (κ2) is 10.5. The lowest BCUT2D eigenvalue weighted by Gasteiger charge is -2.23. The van der Waals surface area contributed by atoms with E-state index in [0.717, 1.165) is 16.6 Å². The summed E-state index contributed by atoms with van der Waals surface area (Å²) < 4.78 is 28.6. The minimum Gasteiger partial charge on any atom is -0.308 e. The first-order chi connectivity index (χ1) is 16.4. The van der Waals surface area contributed by atoms with Crippen LogP contribution in [0.3, 0.4) is 0 Å². The van der Waals surface area contributed by atoms with E-state index in [1.165, 1.54) is 0 Å². The van der Waals surface area contributed by atoms with Crippen LogP contribution >= 0.6 is 0 Å². The molecule has 4 rings (SSSR count). The molecule has 0 saturated heterocycles. The first kappa shape index (κ1) is 23.5. The maximum Gasteiger partial charge on any atom is 0.326 e. The van der Waals surface area contributed by atoms with Gasteiger partial charge in [-0.2, -0.15) is 0 Å². The first-order valence-corrected chi connectivity index (χ1v) is 12.6. The Bertz CT molecular complexity index is 1380. The minimum absolute atomic E-state index is 0.201. The minimum atomic E-state index is -3.69. The van der Waals surface area contributed by atoms with E-state index in [1.807, 2.05) is 85.8 Å². The fraction of sp³-hybridized carbons (Fsp3) is 0.148. The van der Waals surface area contributed by atoms with Gasteiger partial charge in [-0.3, -0.25) is 4.90 Å². The SMILES string of the molecule is Cc1cccc(NC(=O)N(CCCNS(=O)(=O)c2cccc3ccccc23)c2ccccc2)c1. The maximum atomic E-state index is 13.1. The summed E-state index contributed by atoms with van der Waals surface area (Å²) in [6, 6.07) is 29.3. The second-order valence-corrected chi connectivity index (χ2v) is 9.75. The van der Waals surface area contributed by atoms with Gasteiger partial charge in [-0.1, -0.05) is 66.7 Å². The Morgan fingerprint density at radius 1 is 0.853 bits per heavy atom. The Balaban J connectivity index is 1.44. The number of carbonyl (C=O) groups excluding carboxylic acids is 1. The number of amides is 2. The molecule has 2 amide bonds. The molecule has 4 aromatic carbocycles. The van der Waals surface area contributed by atoms with Gasteiger partial charge in [0.25, 0.3) is 0 Å². The van der Waals surface area contributed by atoms with Gasteiger partial charge in [0.2, 0.25) is 10.0 Å². The summed E-state index contributed by atoms with van der Waals surface area (Å²) in [7, 11) is -3.69. The molecule has 34 heavy (non-hydrogen) atoms. The highest BCUT2D eigenvalue weighted by Crippen LogP contribution is 2.23. The Labute approximate surface area is 200 Å². The van der Waals surface area contributed by atoms with E-state index in [0.29, 0.717) is 24.0 Å². The van der Waals surface area contributed by atoms with Crippen LogP contribution in [0.5, 0.6) is 0 Å². The number of hydrogen-bond acceptors (Lipinski definition) is 3. The number of aryl methyl sites for hydroxylation is 1. The number of fused-ring (bicyclic) bond motifs is 1. The lowest BCUT2D eigenvalue weighted by Crippen LogP contribution is -2.37. The number of rotatable bonds is 8. The van der Waals surface area contributed by atoms with Gasteiger partial charge in [-0.15, -0.1) is 0 Å². The van der Waals surface area contributed by atoms with Crippen LogP contribution in [0.1, 0.15) is 12.0 Å². The van der Waals surface area contributed by atoms with Crippen LogP contribution in [0, 0.1) is 6.92 Å². The van der Waals surface area contributed by atoms with Gasteiger partial charge in [0.05, 0.1) is 4.90 Å². The van der Waals surface area contributed by atoms with Crippen LogP contribution in [0.15, 0.2) is 102 Å². The van der Waals surface area contributed by atoms with Crippen LogP contribution < -0.4 is 14.9 Å². The van der Waals surface area contributed by atoms with Crippen molar-refractivity contribution in [1.82, 2.24) is 4.72 Å². The number of benzene rings is 4. The van der Waals surface area contributed by atoms with Crippen molar-refractivity contribution in [3.05, 3.63) is 103 Å². The van der Waals surface area contributed by atoms with Crippen LogP contribution in [-0.2, 0) is 10.0 Å². The van der Waals surface area contributed by atoms with Crippen LogP contribution in [0.4, 0.5) is 16.2 Å². The lowest BCUT2D eigenvalue weighted by molar-refractivity contribution is 0.257. The van der Waals surface area contributed by atoms with Crippen molar-refractivity contribution in [1.29, 1.82) is 0 Å². The third-order valence-electron chi connectivity index (χ3n) is 5.47. The summed E-state index contributed by atoms with van der Waals surface area (Å²) in [4.78, 5) is 14.9. The van der Waals surface area contributed by atoms with Gasteiger partial charge in [0, 0.05) is 29.9 Å². The van der Waals surface area contributed by atoms with Gasteiger partial charge in [0.1, 0.15) is 0 Å². The van der Waals surface area contributed by atoms with Crippen LogP contribution in [-0.4, -0.2) is 27.5 Å². The van der Waals surface area contributed by atoms with E-state index in [4.69, 9.17) is 0 Å². The fourth-order valence-corrected chi connectivity index (χ4v) is 5.12. The van der Waals surface area contributed by atoms with Crippen molar-refractivity contribution < 1.29 is 13.2 Å². The van der Waals surface area contributed by atoms with Crippen LogP contribution in [0.2, 0.25) is 0 Å². The third kappa shape index (κ3) is 5.62. The number of para-hydroxylation sites is 1. The van der Waals surface area contributed by atoms with E-state index in [2.05, 4.69) is 10.0 Å². The molecule has 0 spiro atoms. The first-order valence-electron chi connectivity index (χ1n) is 11.1. The van der Waals surface area contributed by atoms with E-state index >= 15 is 0 Å². The summed E-state index contributed by atoms with van der Waals surface area (Å²) in [5.74, 6) is 0. The number of sulfonamides is 1. The molecule has 7 heteroatoms. The summed E-state index contributed by atoms with van der Waals surface area (Å²) in [6.45, 7) is 2.51. The average molecular weight is 474 g/mol. The smallest absolute Gasteiger partial charge is 0.308 e. The van der Waals surface area contributed by atoms with Crippen LogP contribution in [0.25, 0.3) is 10.8 Å². The molecule has 0 unspecified atom stereocenters. The molecular weight excluding hydrogens is 446 g/mol. The molecule has 0 radical (unpaired) electrons. The Morgan fingerprint density at radius 3 is 2.35 bits per heavy atom. The molecule has 0 fully saturated rings. The highest BCUT2D eigenvalue weighted by atomic mass is 32.2. The second-order valence-electron chi connectivity index (χ2n) is 8.02.